The lowest BCUT2D eigenvalue weighted by Gasteiger charge is -2.11. The van der Waals surface area contributed by atoms with Crippen LogP contribution in [0.1, 0.15) is 0 Å². The van der Waals surface area contributed by atoms with E-state index in [9.17, 15) is 13.2 Å². The second kappa shape index (κ2) is 7.21. The number of hydrogen-bond donors (Lipinski definition) is 2. The number of rotatable bonds is 6. The Balaban J connectivity index is 2.87. The third-order valence-corrected chi connectivity index (χ3v) is 4.16. The van der Waals surface area contributed by atoms with Crippen LogP contribution in [0.25, 0.3) is 0 Å². The van der Waals surface area contributed by atoms with Crippen molar-refractivity contribution in [1.29, 1.82) is 0 Å². The molecule has 0 fully saturated rings. The molecule has 110 valence electrons. The van der Waals surface area contributed by atoms with E-state index in [4.69, 9.17) is 9.88 Å². The zero-order chi connectivity index (χ0) is 15.3. The Morgan fingerprint density at radius 2 is 1.95 bits per heavy atom. The van der Waals surface area contributed by atoms with Crippen LogP contribution < -0.4 is 15.2 Å². The van der Waals surface area contributed by atoms with Gasteiger partial charge in [0.15, 0.2) is 6.61 Å². The second-order valence-corrected chi connectivity index (χ2v) is 6.91. The van der Waals surface area contributed by atoms with Crippen LogP contribution in [0.3, 0.4) is 0 Å². The number of hydrogen-bond acceptors (Lipinski definition) is 4. The van der Waals surface area contributed by atoms with Gasteiger partial charge in [0.25, 0.3) is 5.91 Å². The van der Waals surface area contributed by atoms with Crippen LogP contribution in [-0.2, 0) is 14.8 Å². The highest BCUT2D eigenvalue weighted by atomic mass is 79.9. The number of halogens is 2. The van der Waals surface area contributed by atoms with Crippen molar-refractivity contribution >= 4 is 47.8 Å². The Bertz CT molecular complexity index is 608. The third-order valence-electron chi connectivity index (χ3n) is 2.09. The summed E-state index contributed by atoms with van der Waals surface area (Å²) < 4.78 is 28.6. The largest absolute Gasteiger partial charge is 0.481 e. The maximum absolute atomic E-state index is 11.4. The summed E-state index contributed by atoms with van der Waals surface area (Å²) in [6.07, 6.45) is 1.55. The lowest BCUT2D eigenvalue weighted by atomic mass is 10.3. The summed E-state index contributed by atoms with van der Waals surface area (Å²) in [6.45, 7) is 3.61. The van der Waals surface area contributed by atoms with Crippen molar-refractivity contribution in [2.75, 3.05) is 13.2 Å². The van der Waals surface area contributed by atoms with Crippen molar-refractivity contribution in [3.05, 3.63) is 33.7 Å². The molecule has 3 N–H and O–H groups in total. The Labute approximate surface area is 133 Å². The maximum atomic E-state index is 11.4. The van der Waals surface area contributed by atoms with Crippen LogP contribution in [0.15, 0.2) is 38.6 Å². The first-order chi connectivity index (χ1) is 9.25. The van der Waals surface area contributed by atoms with Crippen LogP contribution in [0, 0.1) is 0 Å². The maximum Gasteiger partial charge on any atom is 0.258 e. The van der Waals surface area contributed by atoms with Crippen LogP contribution in [0.4, 0.5) is 0 Å². The minimum Gasteiger partial charge on any atom is -0.481 e. The fourth-order valence-corrected chi connectivity index (χ4v) is 3.50. The van der Waals surface area contributed by atoms with Gasteiger partial charge >= 0.3 is 0 Å². The molecule has 0 saturated carbocycles. The summed E-state index contributed by atoms with van der Waals surface area (Å²) in [5.74, 6) is -0.00891. The Morgan fingerprint density at radius 1 is 1.40 bits per heavy atom. The molecule has 0 heterocycles. The van der Waals surface area contributed by atoms with Crippen LogP contribution >= 0.6 is 31.9 Å². The highest BCUT2D eigenvalue weighted by molar-refractivity contribution is 9.11. The van der Waals surface area contributed by atoms with Crippen LogP contribution in [0.2, 0.25) is 0 Å². The molecule has 0 saturated heterocycles. The molecule has 1 amide bonds. The van der Waals surface area contributed by atoms with E-state index in [-0.39, 0.29) is 17.4 Å². The molecular weight excluding hydrogens is 416 g/mol. The second-order valence-electron chi connectivity index (χ2n) is 3.64. The zero-order valence-corrected chi connectivity index (χ0v) is 14.2. The summed E-state index contributed by atoms with van der Waals surface area (Å²) >= 11 is 6.34. The molecule has 20 heavy (non-hydrogen) atoms. The van der Waals surface area contributed by atoms with E-state index < -0.39 is 10.0 Å². The summed E-state index contributed by atoms with van der Waals surface area (Å²) in [4.78, 5) is 11.3. The van der Waals surface area contributed by atoms with Gasteiger partial charge in [-0.25, -0.2) is 13.6 Å². The Kier molecular flexibility index (Phi) is 6.18. The summed E-state index contributed by atoms with van der Waals surface area (Å²) in [7, 11) is -3.81. The molecule has 1 aromatic rings. The summed E-state index contributed by atoms with van der Waals surface area (Å²) in [5, 5.41) is 7.59. The molecule has 0 aliphatic rings. The molecule has 0 atom stereocenters. The van der Waals surface area contributed by atoms with Gasteiger partial charge in [-0.05, 0) is 44.0 Å². The molecule has 0 spiro atoms. The number of primary sulfonamides is 1. The molecule has 1 aromatic carbocycles. The van der Waals surface area contributed by atoms with E-state index in [1.165, 1.54) is 12.1 Å². The van der Waals surface area contributed by atoms with Crippen molar-refractivity contribution < 1.29 is 17.9 Å². The predicted octanol–water partition coefficient (Wildman–Crippen LogP) is 1.54. The summed E-state index contributed by atoms with van der Waals surface area (Å²) in [5.41, 5.74) is 0. The molecule has 6 nitrogen and oxygen atoms in total. The van der Waals surface area contributed by atoms with Gasteiger partial charge in [-0.3, -0.25) is 4.79 Å². The molecule has 0 aliphatic carbocycles. The van der Waals surface area contributed by atoms with Crippen molar-refractivity contribution in [1.82, 2.24) is 5.32 Å². The van der Waals surface area contributed by atoms with Crippen LogP contribution in [0.5, 0.6) is 5.75 Å². The van der Waals surface area contributed by atoms with E-state index >= 15 is 0 Å². The Hall–Kier alpha value is -0.900. The molecule has 0 bridgehead atoms. The van der Waals surface area contributed by atoms with Gasteiger partial charge < -0.3 is 10.1 Å². The molecule has 1 rings (SSSR count). The first kappa shape index (κ1) is 17.2. The lowest BCUT2D eigenvalue weighted by molar-refractivity contribution is -0.122. The molecule has 9 heteroatoms. The third kappa shape index (κ3) is 4.89. The molecule has 0 radical (unpaired) electrons. The number of amides is 1. The molecular formula is C11H12Br2N2O4S. The fraction of sp³-hybridized carbons (Fsp3) is 0.182. The number of nitrogens with one attached hydrogen (secondary N) is 1. The van der Waals surface area contributed by atoms with Gasteiger partial charge in [0.1, 0.15) is 5.75 Å². The predicted molar refractivity (Wildman–Crippen MR) is 81.9 cm³/mol. The van der Waals surface area contributed by atoms with Gasteiger partial charge in [-0.15, -0.1) is 6.58 Å². The van der Waals surface area contributed by atoms with E-state index in [0.717, 1.165) is 0 Å². The lowest BCUT2D eigenvalue weighted by Crippen LogP contribution is -2.28. The van der Waals surface area contributed by atoms with Crippen molar-refractivity contribution in [3.63, 3.8) is 0 Å². The number of nitrogens with two attached hydrogens (primary N) is 1. The smallest absolute Gasteiger partial charge is 0.258 e. The number of benzene rings is 1. The van der Waals surface area contributed by atoms with E-state index in [1.54, 1.807) is 6.08 Å². The first-order valence-electron chi connectivity index (χ1n) is 5.28. The first-order valence-corrected chi connectivity index (χ1v) is 8.41. The average Bonchev–Trinajstić information content (AvgIpc) is 2.34. The molecule has 0 aliphatic heterocycles. The van der Waals surface area contributed by atoms with Crippen molar-refractivity contribution in [2.45, 2.75) is 4.90 Å². The zero-order valence-electron chi connectivity index (χ0n) is 10.2. The van der Waals surface area contributed by atoms with Crippen LogP contribution in [-0.4, -0.2) is 27.5 Å². The number of carbonyl (C=O) groups is 1. The Morgan fingerprint density at radius 3 is 2.40 bits per heavy atom. The molecule has 0 unspecified atom stereocenters. The number of sulfonamides is 1. The van der Waals surface area contributed by atoms with Gasteiger partial charge in [0.2, 0.25) is 10.0 Å². The highest BCUT2D eigenvalue weighted by Gasteiger charge is 2.16. The van der Waals surface area contributed by atoms with E-state index in [1.807, 2.05) is 0 Å². The van der Waals surface area contributed by atoms with Gasteiger partial charge in [0, 0.05) is 6.54 Å². The fourth-order valence-electron chi connectivity index (χ4n) is 1.21. The van der Waals surface area contributed by atoms with E-state index in [2.05, 4.69) is 43.8 Å². The summed E-state index contributed by atoms with van der Waals surface area (Å²) in [6, 6.07) is 2.61. The number of carbonyl (C=O) groups excluding carboxylic acids is 1. The van der Waals surface area contributed by atoms with E-state index in [0.29, 0.717) is 21.2 Å². The quantitative estimate of drug-likeness (QED) is 0.672. The van der Waals surface area contributed by atoms with Crippen molar-refractivity contribution in [3.8, 4) is 5.75 Å². The average molecular weight is 428 g/mol. The van der Waals surface area contributed by atoms with Gasteiger partial charge in [-0.2, -0.15) is 0 Å². The minimum atomic E-state index is -3.81. The highest BCUT2D eigenvalue weighted by Crippen LogP contribution is 2.35. The van der Waals surface area contributed by atoms with Gasteiger partial charge in [0.05, 0.1) is 13.8 Å². The topological polar surface area (TPSA) is 98.5 Å². The SMILES string of the molecule is C=CCNC(=O)COc1c(Br)cc(S(N)(=O)=O)cc1Br. The number of ether oxygens (including phenoxy) is 1. The van der Waals surface area contributed by atoms with Gasteiger partial charge in [-0.1, -0.05) is 6.08 Å². The minimum absolute atomic E-state index is 0.0697. The monoisotopic (exact) mass is 426 g/mol. The molecule has 0 aromatic heterocycles. The van der Waals surface area contributed by atoms with Crippen molar-refractivity contribution in [2.24, 2.45) is 5.14 Å². The standard InChI is InChI=1S/C11H12Br2N2O4S/c1-2-3-15-10(16)6-19-11-8(12)4-7(5-9(11)13)20(14,17)18/h2,4-5H,1,3,6H2,(H,15,16)(H2,14,17,18). The normalized spacial score (nSPS) is 10.9.